The van der Waals surface area contributed by atoms with Gasteiger partial charge in [-0.2, -0.15) is 0 Å². The number of halogens is 1. The number of hydrogen-bond donors (Lipinski definition) is 0. The average molecular weight is 421 g/mol. The fourth-order valence-corrected chi connectivity index (χ4v) is 4.89. The summed E-state index contributed by atoms with van der Waals surface area (Å²) in [5.41, 5.74) is 5.34. The normalized spacial score (nSPS) is 18.3. The van der Waals surface area contributed by atoms with Gasteiger partial charge in [-0.3, -0.25) is 4.90 Å². The van der Waals surface area contributed by atoms with E-state index in [1.54, 1.807) is 0 Å². The van der Waals surface area contributed by atoms with Gasteiger partial charge in [0, 0.05) is 30.1 Å². The first-order chi connectivity index (χ1) is 14.7. The summed E-state index contributed by atoms with van der Waals surface area (Å²) in [6, 6.07) is 15.2. The van der Waals surface area contributed by atoms with E-state index in [2.05, 4.69) is 58.9 Å². The molecule has 3 heteroatoms. The molecule has 0 radical (unpaired) electrons. The number of rotatable bonds is 5. The Bertz CT molecular complexity index is 879. The molecule has 0 aliphatic carbocycles. The molecule has 0 spiro atoms. The summed E-state index contributed by atoms with van der Waals surface area (Å²) in [5.74, 6) is 7.50. The van der Waals surface area contributed by atoms with Crippen molar-refractivity contribution in [1.29, 1.82) is 0 Å². The fraction of sp³-hybridized carbons (Fsp3) is 0.481. The minimum atomic E-state index is 0.673. The maximum atomic E-state index is 6.02. The number of nitrogens with zero attached hydrogens (tertiary/aromatic N) is 2. The number of hydrogen-bond acceptors (Lipinski definition) is 2. The fourth-order valence-electron chi connectivity index (χ4n) is 4.76. The van der Waals surface area contributed by atoms with Crippen molar-refractivity contribution in [2.75, 3.05) is 32.7 Å². The highest BCUT2D eigenvalue weighted by Crippen LogP contribution is 2.28. The van der Waals surface area contributed by atoms with Gasteiger partial charge >= 0.3 is 0 Å². The predicted molar refractivity (Wildman–Crippen MR) is 127 cm³/mol. The van der Waals surface area contributed by atoms with Crippen LogP contribution in [0.4, 0.5) is 0 Å². The highest BCUT2D eigenvalue weighted by molar-refractivity contribution is 6.30. The Hall–Kier alpha value is -1.79. The van der Waals surface area contributed by atoms with E-state index >= 15 is 0 Å². The maximum absolute atomic E-state index is 6.02. The van der Waals surface area contributed by atoms with Crippen molar-refractivity contribution in [3.63, 3.8) is 0 Å². The molecule has 4 rings (SSSR count). The number of benzene rings is 2. The van der Waals surface area contributed by atoms with E-state index in [1.165, 1.54) is 74.1 Å². The van der Waals surface area contributed by atoms with Crippen LogP contribution < -0.4 is 0 Å². The Morgan fingerprint density at radius 2 is 1.67 bits per heavy atom. The second-order valence-corrected chi connectivity index (χ2v) is 9.29. The monoisotopic (exact) mass is 420 g/mol. The highest BCUT2D eigenvalue weighted by Gasteiger charge is 2.20. The minimum absolute atomic E-state index is 0.673. The molecule has 2 aromatic carbocycles. The second kappa shape index (κ2) is 10.5. The van der Waals surface area contributed by atoms with Gasteiger partial charge in [-0.25, -0.2) is 0 Å². The smallest absolute Gasteiger partial charge is 0.0406 e. The van der Waals surface area contributed by atoms with E-state index in [9.17, 15) is 0 Å². The van der Waals surface area contributed by atoms with E-state index in [0.29, 0.717) is 5.92 Å². The average Bonchev–Trinajstić information content (AvgIpc) is 3.27. The van der Waals surface area contributed by atoms with Gasteiger partial charge < -0.3 is 4.90 Å². The van der Waals surface area contributed by atoms with Crippen LogP contribution in [-0.4, -0.2) is 42.5 Å². The Labute approximate surface area is 187 Å². The van der Waals surface area contributed by atoms with Crippen LogP contribution in [-0.2, 0) is 6.54 Å². The lowest BCUT2D eigenvalue weighted by atomic mass is 9.89. The molecule has 2 fully saturated rings. The molecular weight excluding hydrogens is 388 g/mol. The molecule has 0 N–H and O–H groups in total. The van der Waals surface area contributed by atoms with E-state index in [1.807, 2.05) is 12.1 Å². The maximum Gasteiger partial charge on any atom is 0.0406 e. The summed E-state index contributed by atoms with van der Waals surface area (Å²) >= 11 is 6.02. The molecule has 0 aromatic heterocycles. The topological polar surface area (TPSA) is 6.48 Å². The van der Waals surface area contributed by atoms with E-state index in [4.69, 9.17) is 11.6 Å². The van der Waals surface area contributed by atoms with Gasteiger partial charge in [0.15, 0.2) is 0 Å². The van der Waals surface area contributed by atoms with Crippen LogP contribution in [0.3, 0.4) is 0 Å². The van der Waals surface area contributed by atoms with Crippen molar-refractivity contribution in [2.24, 2.45) is 0 Å². The molecule has 158 valence electrons. The number of aryl methyl sites for hydroxylation is 1. The highest BCUT2D eigenvalue weighted by atomic mass is 35.5. The zero-order chi connectivity index (χ0) is 20.8. The Morgan fingerprint density at radius 1 is 0.933 bits per heavy atom. The Morgan fingerprint density at radius 3 is 2.37 bits per heavy atom. The third kappa shape index (κ3) is 5.88. The van der Waals surface area contributed by atoms with E-state index in [-0.39, 0.29) is 0 Å². The summed E-state index contributed by atoms with van der Waals surface area (Å²) < 4.78 is 0. The van der Waals surface area contributed by atoms with Gasteiger partial charge in [0.1, 0.15) is 0 Å². The van der Waals surface area contributed by atoms with Gasteiger partial charge in [0.2, 0.25) is 0 Å². The van der Waals surface area contributed by atoms with Crippen LogP contribution in [0.2, 0.25) is 5.02 Å². The largest absolute Gasteiger partial charge is 0.302 e. The third-order valence-electron chi connectivity index (χ3n) is 6.60. The van der Waals surface area contributed by atoms with Crippen LogP contribution in [0.1, 0.15) is 60.3 Å². The predicted octanol–water partition coefficient (Wildman–Crippen LogP) is 5.87. The quantitative estimate of drug-likeness (QED) is 0.558. The summed E-state index contributed by atoms with van der Waals surface area (Å²) in [6.45, 7) is 9.18. The first kappa shape index (κ1) is 21.4. The first-order valence-electron chi connectivity index (χ1n) is 11.5. The number of likely N-dealkylation sites (tertiary alicyclic amines) is 2. The molecule has 2 aromatic rings. The molecule has 30 heavy (non-hydrogen) atoms. The molecular formula is C27H33ClN2. The number of piperidine rings is 1. The molecule has 2 heterocycles. The lowest BCUT2D eigenvalue weighted by Gasteiger charge is -2.31. The van der Waals surface area contributed by atoms with Crippen LogP contribution >= 0.6 is 11.6 Å². The van der Waals surface area contributed by atoms with Crippen molar-refractivity contribution in [3.05, 3.63) is 69.7 Å². The summed E-state index contributed by atoms with van der Waals surface area (Å²) in [5, 5.41) is 0.825. The molecule has 0 atom stereocenters. The van der Waals surface area contributed by atoms with Crippen LogP contribution in [0.5, 0.6) is 0 Å². The van der Waals surface area contributed by atoms with Crippen molar-refractivity contribution in [3.8, 4) is 11.8 Å². The standard InChI is InChI=1S/C27H33ClN2/c1-22-20-23(21-30-16-4-5-17-30)7-8-24(22)6-2-3-15-29-18-13-26(14-19-29)25-9-11-27(28)12-10-25/h7-12,20,26H,3-5,13-19,21H2,1H3. The van der Waals surface area contributed by atoms with Crippen LogP contribution in [0.15, 0.2) is 42.5 Å². The van der Waals surface area contributed by atoms with Crippen molar-refractivity contribution in [1.82, 2.24) is 9.80 Å². The van der Waals surface area contributed by atoms with Crippen molar-refractivity contribution < 1.29 is 0 Å². The molecule has 2 aliphatic heterocycles. The molecule has 0 bridgehead atoms. The van der Waals surface area contributed by atoms with Gasteiger partial charge in [0.25, 0.3) is 0 Å². The zero-order valence-corrected chi connectivity index (χ0v) is 18.9. The van der Waals surface area contributed by atoms with Crippen LogP contribution in [0.25, 0.3) is 0 Å². The van der Waals surface area contributed by atoms with Crippen molar-refractivity contribution >= 4 is 11.6 Å². The zero-order valence-electron chi connectivity index (χ0n) is 18.2. The molecule has 0 saturated carbocycles. The van der Waals surface area contributed by atoms with E-state index < -0.39 is 0 Å². The lowest BCUT2D eigenvalue weighted by Crippen LogP contribution is -2.33. The van der Waals surface area contributed by atoms with Gasteiger partial charge in [-0.15, -0.1) is 0 Å². The lowest BCUT2D eigenvalue weighted by molar-refractivity contribution is 0.217. The minimum Gasteiger partial charge on any atom is -0.302 e. The van der Waals surface area contributed by atoms with Gasteiger partial charge in [0.05, 0.1) is 0 Å². The van der Waals surface area contributed by atoms with Gasteiger partial charge in [-0.1, -0.05) is 47.7 Å². The summed E-state index contributed by atoms with van der Waals surface area (Å²) in [4.78, 5) is 5.11. The second-order valence-electron chi connectivity index (χ2n) is 8.85. The molecule has 2 saturated heterocycles. The van der Waals surface area contributed by atoms with Gasteiger partial charge in [-0.05, 0) is 99.6 Å². The third-order valence-corrected chi connectivity index (χ3v) is 6.85. The SMILES string of the molecule is Cc1cc(CN2CCCC2)ccc1C#CCCN1CCC(c2ccc(Cl)cc2)CC1. The van der Waals surface area contributed by atoms with E-state index in [0.717, 1.165) is 24.5 Å². The Kier molecular flexibility index (Phi) is 7.50. The molecule has 2 nitrogen and oxygen atoms in total. The molecule has 2 aliphatic rings. The molecule has 0 unspecified atom stereocenters. The first-order valence-corrected chi connectivity index (χ1v) is 11.8. The molecule has 0 amide bonds. The van der Waals surface area contributed by atoms with Crippen LogP contribution in [0, 0.1) is 18.8 Å². The Balaban J connectivity index is 1.22. The summed E-state index contributed by atoms with van der Waals surface area (Å²) in [6.07, 6.45) is 6.10. The van der Waals surface area contributed by atoms with Crippen molar-refractivity contribution in [2.45, 2.75) is 51.5 Å². The summed E-state index contributed by atoms with van der Waals surface area (Å²) in [7, 11) is 0.